The lowest BCUT2D eigenvalue weighted by atomic mass is 10.2. The molecule has 1 fully saturated rings. The van der Waals surface area contributed by atoms with Crippen molar-refractivity contribution >= 4 is 23.5 Å². The highest BCUT2D eigenvalue weighted by atomic mass is 35.5. The van der Waals surface area contributed by atoms with E-state index < -0.39 is 5.60 Å². The number of halogens is 1. The Morgan fingerprint density at radius 1 is 1.48 bits per heavy atom. The Morgan fingerprint density at radius 2 is 2.19 bits per heavy atom. The average molecular weight is 315 g/mol. The minimum absolute atomic E-state index is 0.165. The molecule has 8 heteroatoms. The maximum atomic E-state index is 12.0. The standard InChI is InChI=1S/C13H19ClN4O3/c1-13(2,3)21-12(19)18-5-4-8(6-18)20-9-10(14)16-7-17-11(9)15/h7-8H,4-6H2,1-3H3,(H2,15,16,17). The fraction of sp³-hybridized carbons (Fsp3) is 0.615. The molecule has 1 amide bonds. The molecule has 21 heavy (non-hydrogen) atoms. The molecule has 0 saturated carbocycles. The molecule has 1 aromatic heterocycles. The number of rotatable bonds is 2. The minimum Gasteiger partial charge on any atom is -0.482 e. The number of nitrogen functional groups attached to an aromatic ring is 1. The molecule has 0 spiro atoms. The zero-order valence-electron chi connectivity index (χ0n) is 12.3. The topological polar surface area (TPSA) is 90.6 Å². The van der Waals surface area contributed by atoms with Gasteiger partial charge in [0, 0.05) is 13.0 Å². The summed E-state index contributed by atoms with van der Waals surface area (Å²) in [5, 5.41) is 0.165. The van der Waals surface area contributed by atoms with E-state index in [1.807, 2.05) is 20.8 Å². The summed E-state index contributed by atoms with van der Waals surface area (Å²) in [6, 6.07) is 0. The van der Waals surface area contributed by atoms with E-state index in [-0.39, 0.29) is 28.9 Å². The van der Waals surface area contributed by atoms with Crippen LogP contribution in [0.3, 0.4) is 0 Å². The van der Waals surface area contributed by atoms with Gasteiger partial charge >= 0.3 is 6.09 Å². The van der Waals surface area contributed by atoms with Crippen molar-refractivity contribution in [2.24, 2.45) is 0 Å². The predicted octanol–water partition coefficient (Wildman–Crippen LogP) is 2.10. The van der Waals surface area contributed by atoms with Crippen LogP contribution in [0, 0.1) is 0 Å². The Bertz CT molecular complexity index is 512. The van der Waals surface area contributed by atoms with Crippen molar-refractivity contribution in [3.8, 4) is 5.75 Å². The van der Waals surface area contributed by atoms with Crippen LogP contribution in [0.2, 0.25) is 5.15 Å². The Kier molecular flexibility index (Phi) is 4.41. The van der Waals surface area contributed by atoms with E-state index in [1.54, 1.807) is 4.90 Å². The zero-order valence-corrected chi connectivity index (χ0v) is 13.1. The number of carbonyl (C=O) groups excluding carboxylic acids is 1. The number of hydrogen-bond donors (Lipinski definition) is 1. The number of amides is 1. The number of nitrogens with two attached hydrogens (primary N) is 1. The molecular weight excluding hydrogens is 296 g/mol. The monoisotopic (exact) mass is 314 g/mol. The number of ether oxygens (including phenoxy) is 2. The predicted molar refractivity (Wildman–Crippen MR) is 78.3 cm³/mol. The van der Waals surface area contributed by atoms with Gasteiger partial charge in [0.1, 0.15) is 18.0 Å². The normalized spacial score (nSPS) is 18.7. The van der Waals surface area contributed by atoms with Crippen molar-refractivity contribution in [1.29, 1.82) is 0 Å². The summed E-state index contributed by atoms with van der Waals surface area (Å²) in [5.41, 5.74) is 5.19. The number of hydrogen-bond acceptors (Lipinski definition) is 6. The number of aromatic nitrogens is 2. The van der Waals surface area contributed by atoms with Crippen LogP contribution in [-0.2, 0) is 4.74 Å². The van der Waals surface area contributed by atoms with Gasteiger partial charge in [0.05, 0.1) is 6.54 Å². The second kappa shape index (κ2) is 5.93. The maximum Gasteiger partial charge on any atom is 0.410 e. The molecule has 2 heterocycles. The summed E-state index contributed by atoms with van der Waals surface area (Å²) in [4.78, 5) is 21.2. The fourth-order valence-corrected chi connectivity index (χ4v) is 2.14. The lowest BCUT2D eigenvalue weighted by Crippen LogP contribution is -2.36. The molecule has 1 saturated heterocycles. The quantitative estimate of drug-likeness (QED) is 0.841. The van der Waals surface area contributed by atoms with E-state index in [2.05, 4.69) is 9.97 Å². The first kappa shape index (κ1) is 15.6. The third-order valence-corrected chi connectivity index (χ3v) is 3.14. The smallest absolute Gasteiger partial charge is 0.410 e. The molecule has 0 aromatic carbocycles. The van der Waals surface area contributed by atoms with Gasteiger partial charge < -0.3 is 20.1 Å². The lowest BCUT2D eigenvalue weighted by Gasteiger charge is -2.24. The zero-order chi connectivity index (χ0) is 15.6. The highest BCUT2D eigenvalue weighted by Gasteiger charge is 2.31. The Morgan fingerprint density at radius 3 is 2.81 bits per heavy atom. The van der Waals surface area contributed by atoms with Gasteiger partial charge in [-0.25, -0.2) is 14.8 Å². The van der Waals surface area contributed by atoms with Crippen molar-refractivity contribution in [2.75, 3.05) is 18.8 Å². The summed E-state index contributed by atoms with van der Waals surface area (Å²) >= 11 is 5.93. The number of nitrogens with zero attached hydrogens (tertiary/aromatic N) is 3. The van der Waals surface area contributed by atoms with Crippen LogP contribution in [-0.4, -0.2) is 45.8 Å². The molecule has 1 aliphatic heterocycles. The van der Waals surface area contributed by atoms with E-state index in [0.29, 0.717) is 19.5 Å². The SMILES string of the molecule is CC(C)(C)OC(=O)N1CCC(Oc2c(N)ncnc2Cl)C1. The van der Waals surface area contributed by atoms with Crippen molar-refractivity contribution < 1.29 is 14.3 Å². The Hall–Kier alpha value is -1.76. The van der Waals surface area contributed by atoms with Crippen LogP contribution >= 0.6 is 11.6 Å². The third kappa shape index (κ3) is 4.10. The maximum absolute atomic E-state index is 12.0. The summed E-state index contributed by atoms with van der Waals surface area (Å²) in [6.45, 7) is 6.47. The van der Waals surface area contributed by atoms with E-state index in [1.165, 1.54) is 6.33 Å². The molecule has 0 radical (unpaired) electrons. The molecular formula is C13H19ClN4O3. The highest BCUT2D eigenvalue weighted by molar-refractivity contribution is 6.31. The van der Waals surface area contributed by atoms with Crippen molar-refractivity contribution in [3.05, 3.63) is 11.5 Å². The first-order valence-corrected chi connectivity index (χ1v) is 7.04. The third-order valence-electron chi connectivity index (χ3n) is 2.87. The van der Waals surface area contributed by atoms with E-state index in [9.17, 15) is 4.79 Å². The van der Waals surface area contributed by atoms with Gasteiger partial charge in [-0.15, -0.1) is 0 Å². The summed E-state index contributed by atoms with van der Waals surface area (Å²) in [6.07, 6.45) is 1.39. The summed E-state index contributed by atoms with van der Waals surface area (Å²) < 4.78 is 11.0. The van der Waals surface area contributed by atoms with Crippen molar-refractivity contribution in [3.63, 3.8) is 0 Å². The second-order valence-electron chi connectivity index (χ2n) is 5.83. The van der Waals surface area contributed by atoms with Crippen LogP contribution in [0.5, 0.6) is 5.75 Å². The molecule has 1 aliphatic rings. The molecule has 0 bridgehead atoms. The number of anilines is 1. The van der Waals surface area contributed by atoms with E-state index >= 15 is 0 Å². The van der Waals surface area contributed by atoms with Gasteiger partial charge in [-0.3, -0.25) is 0 Å². The van der Waals surface area contributed by atoms with E-state index in [4.69, 9.17) is 26.8 Å². The molecule has 1 atom stereocenters. The molecule has 116 valence electrons. The van der Waals surface area contributed by atoms with Gasteiger partial charge in [-0.2, -0.15) is 0 Å². The van der Waals surface area contributed by atoms with Crippen LogP contribution in [0.1, 0.15) is 27.2 Å². The lowest BCUT2D eigenvalue weighted by molar-refractivity contribution is 0.0276. The largest absolute Gasteiger partial charge is 0.482 e. The van der Waals surface area contributed by atoms with Gasteiger partial charge in [-0.05, 0) is 20.8 Å². The summed E-state index contributed by atoms with van der Waals surface area (Å²) in [5.74, 6) is 0.445. The van der Waals surface area contributed by atoms with Crippen molar-refractivity contribution in [1.82, 2.24) is 14.9 Å². The van der Waals surface area contributed by atoms with Crippen molar-refractivity contribution in [2.45, 2.75) is 38.9 Å². The number of carbonyl (C=O) groups is 1. The van der Waals surface area contributed by atoms with Gasteiger partial charge in [0.2, 0.25) is 0 Å². The minimum atomic E-state index is -0.517. The van der Waals surface area contributed by atoms with E-state index in [0.717, 1.165) is 0 Å². The van der Waals surface area contributed by atoms with Crippen LogP contribution in [0.15, 0.2) is 6.33 Å². The molecule has 2 rings (SSSR count). The summed E-state index contributed by atoms with van der Waals surface area (Å²) in [7, 11) is 0. The second-order valence-corrected chi connectivity index (χ2v) is 6.19. The first-order valence-electron chi connectivity index (χ1n) is 6.67. The Labute approximate surface area is 128 Å². The Balaban J connectivity index is 1.95. The number of likely N-dealkylation sites (tertiary alicyclic amines) is 1. The van der Waals surface area contributed by atoms with Gasteiger partial charge in [0.15, 0.2) is 16.7 Å². The van der Waals surface area contributed by atoms with Gasteiger partial charge in [-0.1, -0.05) is 11.6 Å². The molecule has 7 nitrogen and oxygen atoms in total. The van der Waals surface area contributed by atoms with Gasteiger partial charge in [0.25, 0.3) is 0 Å². The fourth-order valence-electron chi connectivity index (χ4n) is 1.96. The molecule has 0 aliphatic carbocycles. The average Bonchev–Trinajstić information content (AvgIpc) is 2.80. The van der Waals surface area contributed by atoms with Crippen LogP contribution in [0.25, 0.3) is 0 Å². The van der Waals surface area contributed by atoms with Crippen LogP contribution < -0.4 is 10.5 Å². The highest BCUT2D eigenvalue weighted by Crippen LogP contribution is 2.29. The molecule has 1 unspecified atom stereocenters. The first-order chi connectivity index (χ1) is 9.76. The molecule has 2 N–H and O–H groups in total. The van der Waals surface area contributed by atoms with Crippen LogP contribution in [0.4, 0.5) is 10.6 Å². The molecule has 1 aromatic rings.